The van der Waals surface area contributed by atoms with Gasteiger partial charge in [-0.05, 0) is 44.0 Å². The van der Waals surface area contributed by atoms with E-state index in [1.165, 1.54) is 13.0 Å². The number of nitrogens with zero attached hydrogens (tertiary/aromatic N) is 1. The first-order chi connectivity index (χ1) is 15.7. The zero-order valence-electron chi connectivity index (χ0n) is 18.4. The van der Waals surface area contributed by atoms with Gasteiger partial charge in [0.2, 0.25) is 12.4 Å². The summed E-state index contributed by atoms with van der Waals surface area (Å²) >= 11 is 6.16. The molecule has 0 N–H and O–H groups in total. The Morgan fingerprint density at radius 3 is 2.50 bits per heavy atom. The first-order valence-electron chi connectivity index (χ1n) is 9.80. The highest BCUT2D eigenvalue weighted by Crippen LogP contribution is 2.41. The number of halogens is 4. The molecule has 0 aromatic heterocycles. The summed E-state index contributed by atoms with van der Waals surface area (Å²) in [4.78, 5) is 38.6. The molecule has 0 fully saturated rings. The topological polar surface area (TPSA) is 123 Å². The van der Waals surface area contributed by atoms with Crippen LogP contribution in [0.5, 0.6) is 5.75 Å². The fraction of sp³-hybridized carbons (Fsp3) is 0.500. The van der Waals surface area contributed by atoms with Crippen LogP contribution < -0.4 is 4.74 Å². The summed E-state index contributed by atoms with van der Waals surface area (Å²) in [5.74, 6) is -1.53. The van der Waals surface area contributed by atoms with E-state index in [2.05, 4.69) is 14.3 Å². The van der Waals surface area contributed by atoms with Crippen LogP contribution in [-0.2, 0) is 23.8 Å². The lowest BCUT2D eigenvalue weighted by Gasteiger charge is -2.29. The third-order valence-electron chi connectivity index (χ3n) is 4.60. The Balaban J connectivity index is 2.08. The SMILES string of the molecule is Cc1cc2c(c(C)c1Cl)C=C(C(=O)OC(C)OC(=O)OCCC(C)O[N+](=O)[O-])[C@@H](C(F)(F)F)O2. The van der Waals surface area contributed by atoms with Crippen molar-refractivity contribution < 1.29 is 51.6 Å². The molecular weight excluding hydrogens is 491 g/mol. The fourth-order valence-electron chi connectivity index (χ4n) is 2.96. The molecular formula is C20H21ClF3NO9. The summed E-state index contributed by atoms with van der Waals surface area (Å²) in [6, 6.07) is 1.33. The molecule has 34 heavy (non-hydrogen) atoms. The molecule has 14 heteroatoms. The number of carbonyl (C=O) groups is 2. The average molecular weight is 512 g/mol. The van der Waals surface area contributed by atoms with Crippen molar-refractivity contribution in [3.05, 3.63) is 43.5 Å². The predicted octanol–water partition coefficient (Wildman–Crippen LogP) is 4.69. The van der Waals surface area contributed by atoms with E-state index in [-0.39, 0.29) is 24.3 Å². The quantitative estimate of drug-likeness (QED) is 0.211. The van der Waals surface area contributed by atoms with Crippen molar-refractivity contribution >= 4 is 29.8 Å². The van der Waals surface area contributed by atoms with Crippen LogP contribution >= 0.6 is 11.6 Å². The van der Waals surface area contributed by atoms with Gasteiger partial charge in [0, 0.05) is 23.9 Å². The van der Waals surface area contributed by atoms with E-state index in [0.717, 1.165) is 13.0 Å². The largest absolute Gasteiger partial charge is 0.511 e. The van der Waals surface area contributed by atoms with E-state index in [9.17, 15) is 32.9 Å². The van der Waals surface area contributed by atoms with Crippen molar-refractivity contribution in [3.63, 3.8) is 0 Å². The standard InChI is InChI=1S/C20H21ClF3NO9/c1-9-7-15-13(11(3)16(9)21)8-14(17(33-15)20(22,23)24)18(26)31-12(4)32-19(27)30-6-5-10(2)34-25(28)29/h7-8,10,12,17H,5-6H2,1-4H3/t10?,12?,17-/m0/s1. The summed E-state index contributed by atoms with van der Waals surface area (Å²) in [6.07, 6.45) is -10.4. The van der Waals surface area contributed by atoms with Gasteiger partial charge in [-0.1, -0.05) is 11.6 Å². The van der Waals surface area contributed by atoms with Gasteiger partial charge in [0.05, 0.1) is 12.2 Å². The van der Waals surface area contributed by atoms with Crippen LogP contribution in [0.15, 0.2) is 11.6 Å². The number of ether oxygens (including phenoxy) is 4. The Hall–Kier alpha value is -3.22. The van der Waals surface area contributed by atoms with Gasteiger partial charge in [-0.15, -0.1) is 10.1 Å². The Morgan fingerprint density at radius 1 is 1.26 bits per heavy atom. The van der Waals surface area contributed by atoms with Gasteiger partial charge in [0.25, 0.3) is 5.09 Å². The van der Waals surface area contributed by atoms with Crippen molar-refractivity contribution in [2.24, 2.45) is 0 Å². The number of carbonyl (C=O) groups excluding carboxylic acids is 2. The maximum atomic E-state index is 13.6. The number of fused-ring (bicyclic) bond motifs is 1. The number of hydrogen-bond donors (Lipinski definition) is 0. The predicted molar refractivity (Wildman–Crippen MR) is 110 cm³/mol. The zero-order chi connectivity index (χ0) is 25.8. The highest BCUT2D eigenvalue weighted by Gasteiger charge is 2.49. The van der Waals surface area contributed by atoms with Gasteiger partial charge < -0.3 is 23.8 Å². The van der Waals surface area contributed by atoms with Crippen molar-refractivity contribution in [3.8, 4) is 5.75 Å². The highest BCUT2D eigenvalue weighted by molar-refractivity contribution is 6.32. The molecule has 0 saturated carbocycles. The van der Waals surface area contributed by atoms with Crippen molar-refractivity contribution in [1.82, 2.24) is 0 Å². The van der Waals surface area contributed by atoms with Crippen molar-refractivity contribution in [2.45, 2.75) is 58.8 Å². The van der Waals surface area contributed by atoms with Crippen LogP contribution in [0, 0.1) is 24.0 Å². The Labute approximate surface area is 196 Å². The summed E-state index contributed by atoms with van der Waals surface area (Å²) in [7, 11) is 0. The van der Waals surface area contributed by atoms with Crippen molar-refractivity contribution in [1.29, 1.82) is 0 Å². The number of alkyl halides is 3. The summed E-state index contributed by atoms with van der Waals surface area (Å²) < 4.78 is 60.0. The highest BCUT2D eigenvalue weighted by atomic mass is 35.5. The van der Waals surface area contributed by atoms with Crippen LogP contribution in [0.2, 0.25) is 5.02 Å². The second-order valence-corrected chi connectivity index (χ2v) is 7.68. The van der Waals surface area contributed by atoms with E-state index in [1.54, 1.807) is 13.8 Å². The molecule has 0 saturated heterocycles. The third-order valence-corrected chi connectivity index (χ3v) is 5.18. The number of benzene rings is 1. The molecule has 1 aliphatic rings. The Kier molecular flexibility index (Phi) is 8.59. The second-order valence-electron chi connectivity index (χ2n) is 7.30. The molecule has 1 aromatic rings. The monoisotopic (exact) mass is 511 g/mol. The molecule has 0 aliphatic carbocycles. The zero-order valence-corrected chi connectivity index (χ0v) is 19.2. The summed E-state index contributed by atoms with van der Waals surface area (Å²) in [5.41, 5.74) is 0.226. The van der Waals surface area contributed by atoms with Crippen LogP contribution in [0.25, 0.3) is 6.08 Å². The minimum atomic E-state index is -4.95. The normalized spacial score (nSPS) is 16.8. The first kappa shape index (κ1) is 27.0. The number of hydrogen-bond acceptors (Lipinski definition) is 9. The van der Waals surface area contributed by atoms with Crippen LogP contribution in [0.1, 0.15) is 37.0 Å². The van der Waals surface area contributed by atoms with Crippen molar-refractivity contribution in [2.75, 3.05) is 6.61 Å². The smallest absolute Gasteiger partial charge is 0.475 e. The molecule has 3 atom stereocenters. The number of aryl methyl sites for hydroxylation is 1. The number of esters is 1. The number of rotatable bonds is 8. The Bertz CT molecular complexity index is 996. The van der Waals surface area contributed by atoms with E-state index in [1.807, 2.05) is 0 Å². The van der Waals surface area contributed by atoms with E-state index >= 15 is 0 Å². The molecule has 0 radical (unpaired) electrons. The van der Waals surface area contributed by atoms with Gasteiger partial charge in [-0.2, -0.15) is 13.2 Å². The first-order valence-corrected chi connectivity index (χ1v) is 10.2. The minimum absolute atomic E-state index is 0.0392. The lowest BCUT2D eigenvalue weighted by Crippen LogP contribution is -2.41. The third kappa shape index (κ3) is 6.89. The van der Waals surface area contributed by atoms with E-state index in [4.69, 9.17) is 21.1 Å². The second kappa shape index (κ2) is 10.8. The van der Waals surface area contributed by atoms with Gasteiger partial charge in [-0.3, -0.25) is 0 Å². The maximum absolute atomic E-state index is 13.6. The molecule has 0 bridgehead atoms. The average Bonchev–Trinajstić information content (AvgIpc) is 2.69. The molecule has 188 valence electrons. The van der Waals surface area contributed by atoms with E-state index < -0.39 is 47.5 Å². The fourth-order valence-corrected chi connectivity index (χ4v) is 3.12. The minimum Gasteiger partial charge on any atom is -0.475 e. The maximum Gasteiger partial charge on any atom is 0.511 e. The van der Waals surface area contributed by atoms with E-state index in [0.29, 0.717) is 16.1 Å². The summed E-state index contributed by atoms with van der Waals surface area (Å²) in [6.45, 7) is 5.30. The van der Waals surface area contributed by atoms with Crippen LogP contribution in [-0.4, -0.2) is 48.5 Å². The van der Waals surface area contributed by atoms with Crippen LogP contribution in [0.3, 0.4) is 0 Å². The summed E-state index contributed by atoms with van der Waals surface area (Å²) in [5, 5.41) is 9.50. The lowest BCUT2D eigenvalue weighted by atomic mass is 9.96. The molecule has 2 rings (SSSR count). The molecule has 0 spiro atoms. The molecule has 1 aromatic carbocycles. The van der Waals surface area contributed by atoms with Gasteiger partial charge in [0.1, 0.15) is 11.9 Å². The van der Waals surface area contributed by atoms with Gasteiger partial charge in [-0.25, -0.2) is 9.59 Å². The Morgan fingerprint density at radius 2 is 1.91 bits per heavy atom. The molecule has 1 aliphatic heterocycles. The van der Waals surface area contributed by atoms with Gasteiger partial charge >= 0.3 is 18.3 Å². The molecule has 2 unspecified atom stereocenters. The van der Waals surface area contributed by atoms with Gasteiger partial charge in [0.15, 0.2) is 0 Å². The van der Waals surface area contributed by atoms with Crippen LogP contribution in [0.4, 0.5) is 18.0 Å². The molecule has 0 amide bonds. The lowest BCUT2D eigenvalue weighted by molar-refractivity contribution is -0.767. The molecule has 1 heterocycles. The molecule has 10 nitrogen and oxygen atoms in total.